The van der Waals surface area contributed by atoms with E-state index in [2.05, 4.69) is 48.2 Å². The van der Waals surface area contributed by atoms with Crippen molar-refractivity contribution in [3.63, 3.8) is 0 Å². The number of para-hydroxylation sites is 1. The predicted octanol–water partition coefficient (Wildman–Crippen LogP) is 7.30. The monoisotopic (exact) mass is 479 g/mol. The van der Waals surface area contributed by atoms with Crippen LogP contribution >= 0.6 is 11.6 Å². The average Bonchev–Trinajstić information content (AvgIpc) is 2.87. The van der Waals surface area contributed by atoms with Crippen LogP contribution in [-0.2, 0) is 19.4 Å². The second kappa shape index (κ2) is 14.8. The van der Waals surface area contributed by atoms with E-state index in [1.165, 1.54) is 31.2 Å². The highest BCUT2D eigenvalue weighted by Gasteiger charge is 2.16. The lowest BCUT2D eigenvalue weighted by Crippen LogP contribution is -2.39. The molecule has 0 aromatic heterocycles. The maximum absolute atomic E-state index is 11.1. The Labute approximate surface area is 210 Å². The van der Waals surface area contributed by atoms with Crippen molar-refractivity contribution in [3.8, 4) is 5.75 Å². The summed E-state index contributed by atoms with van der Waals surface area (Å²) in [6, 6.07) is 26.3. The third-order valence-electron chi connectivity index (χ3n) is 6.16. The maximum atomic E-state index is 11.1. The number of halogens is 1. The summed E-state index contributed by atoms with van der Waals surface area (Å²) in [5, 5.41) is 11.8. The number of hydrogen-bond donors (Lipinski definition) is 1. The molecule has 0 radical (unpaired) electrons. The van der Waals surface area contributed by atoms with Gasteiger partial charge in [-0.1, -0.05) is 98.8 Å². The van der Waals surface area contributed by atoms with Crippen molar-refractivity contribution >= 4 is 11.6 Å². The highest BCUT2D eigenvalue weighted by molar-refractivity contribution is 6.30. The number of ether oxygens (including phenoxy) is 1. The molecule has 0 saturated heterocycles. The molecule has 0 heterocycles. The molecule has 0 aliphatic heterocycles. The summed E-state index contributed by atoms with van der Waals surface area (Å²) >= 11 is 6.03. The molecule has 0 aliphatic rings. The van der Waals surface area contributed by atoms with Crippen LogP contribution in [0.2, 0.25) is 5.02 Å². The van der Waals surface area contributed by atoms with Crippen LogP contribution in [0, 0.1) is 0 Å². The lowest BCUT2D eigenvalue weighted by molar-refractivity contribution is 0.00384. The van der Waals surface area contributed by atoms with Gasteiger partial charge in [-0.15, -0.1) is 0 Å². The zero-order valence-corrected chi connectivity index (χ0v) is 21.1. The van der Waals surface area contributed by atoms with Gasteiger partial charge in [-0.2, -0.15) is 0 Å². The van der Waals surface area contributed by atoms with Crippen molar-refractivity contribution in [1.29, 1.82) is 0 Å². The molecule has 0 spiro atoms. The van der Waals surface area contributed by atoms with Gasteiger partial charge in [-0.3, -0.25) is 4.90 Å². The molecule has 3 aromatic rings. The molecule has 0 saturated carbocycles. The molecule has 3 nitrogen and oxygen atoms in total. The normalized spacial score (nSPS) is 12.1. The first-order chi connectivity index (χ1) is 16.6. The van der Waals surface area contributed by atoms with Crippen LogP contribution in [0.3, 0.4) is 0 Å². The van der Waals surface area contributed by atoms with Gasteiger partial charge in [-0.25, -0.2) is 0 Å². The van der Waals surface area contributed by atoms with Gasteiger partial charge < -0.3 is 9.84 Å². The predicted molar refractivity (Wildman–Crippen MR) is 142 cm³/mol. The van der Waals surface area contributed by atoms with Crippen molar-refractivity contribution in [2.75, 3.05) is 13.1 Å². The van der Waals surface area contributed by atoms with Gasteiger partial charge in [-0.05, 0) is 53.8 Å². The molecule has 0 amide bonds. The summed E-state index contributed by atoms with van der Waals surface area (Å²) in [6.45, 7) is 4.53. The number of benzene rings is 3. The summed E-state index contributed by atoms with van der Waals surface area (Å²) < 4.78 is 5.84. The summed E-state index contributed by atoms with van der Waals surface area (Å²) in [6.07, 6.45) is 7.16. The fourth-order valence-electron chi connectivity index (χ4n) is 4.05. The Morgan fingerprint density at radius 3 is 2.12 bits per heavy atom. The second-order valence-corrected chi connectivity index (χ2v) is 9.37. The Kier molecular flexibility index (Phi) is 11.5. The topological polar surface area (TPSA) is 32.7 Å². The smallest absolute Gasteiger partial charge is 0.119 e. The number of nitrogens with zero attached hydrogens (tertiary/aromatic N) is 1. The molecule has 4 heteroatoms. The van der Waals surface area contributed by atoms with E-state index >= 15 is 0 Å². The highest BCUT2D eigenvalue weighted by Crippen LogP contribution is 2.16. The standard InChI is InChI=1S/C30H38ClNO2/c1-2-3-4-5-9-21-32(22-20-25-16-18-28(31)19-17-25)30(33)23-26-12-14-27(15-13-26)24-34-29-10-7-6-8-11-29/h6-8,10-19,30,33H,2-5,9,20-24H2,1H3. The molecule has 3 aromatic carbocycles. The molecule has 3 rings (SSSR count). The van der Waals surface area contributed by atoms with Gasteiger partial charge in [0.1, 0.15) is 18.6 Å². The zero-order valence-electron chi connectivity index (χ0n) is 20.3. The van der Waals surface area contributed by atoms with Gasteiger partial charge in [0.25, 0.3) is 0 Å². The fraction of sp³-hybridized carbons (Fsp3) is 0.400. The van der Waals surface area contributed by atoms with Crippen molar-refractivity contribution < 1.29 is 9.84 Å². The zero-order chi connectivity index (χ0) is 24.0. The molecule has 182 valence electrons. The number of rotatable bonds is 15. The Balaban J connectivity index is 1.53. The van der Waals surface area contributed by atoms with E-state index in [1.807, 2.05) is 42.5 Å². The second-order valence-electron chi connectivity index (χ2n) is 8.93. The minimum atomic E-state index is -0.495. The van der Waals surface area contributed by atoms with Crippen LogP contribution < -0.4 is 4.74 Å². The molecule has 0 fully saturated rings. The van der Waals surface area contributed by atoms with Crippen LogP contribution in [0.25, 0.3) is 0 Å². The average molecular weight is 480 g/mol. The van der Waals surface area contributed by atoms with E-state index in [0.29, 0.717) is 13.0 Å². The first-order valence-corrected chi connectivity index (χ1v) is 12.9. The van der Waals surface area contributed by atoms with Crippen molar-refractivity contribution in [1.82, 2.24) is 4.90 Å². The summed E-state index contributed by atoms with van der Waals surface area (Å²) in [5.74, 6) is 0.872. The highest BCUT2D eigenvalue weighted by atomic mass is 35.5. The first-order valence-electron chi connectivity index (χ1n) is 12.6. The first kappa shape index (κ1) is 26.3. The third-order valence-corrected chi connectivity index (χ3v) is 6.41. The fourth-order valence-corrected chi connectivity index (χ4v) is 4.17. The van der Waals surface area contributed by atoms with E-state index in [0.717, 1.165) is 47.8 Å². The van der Waals surface area contributed by atoms with E-state index in [1.54, 1.807) is 0 Å². The van der Waals surface area contributed by atoms with Gasteiger partial charge in [0, 0.05) is 24.5 Å². The van der Waals surface area contributed by atoms with Crippen LogP contribution in [0.4, 0.5) is 0 Å². The number of aliphatic hydroxyl groups is 1. The summed E-state index contributed by atoms with van der Waals surface area (Å²) in [5.41, 5.74) is 3.51. The van der Waals surface area contributed by atoms with E-state index in [9.17, 15) is 5.11 Å². The van der Waals surface area contributed by atoms with Gasteiger partial charge in [0.2, 0.25) is 0 Å². The van der Waals surface area contributed by atoms with Crippen LogP contribution in [-0.4, -0.2) is 29.3 Å². The number of aliphatic hydroxyl groups excluding tert-OH is 1. The van der Waals surface area contributed by atoms with Crippen LogP contribution in [0.5, 0.6) is 5.75 Å². The molecule has 0 bridgehead atoms. The molecular weight excluding hydrogens is 442 g/mol. The quantitative estimate of drug-likeness (QED) is 0.183. The molecule has 1 N–H and O–H groups in total. The maximum Gasteiger partial charge on any atom is 0.119 e. The lowest BCUT2D eigenvalue weighted by atomic mass is 10.1. The Morgan fingerprint density at radius 2 is 1.41 bits per heavy atom. The van der Waals surface area contributed by atoms with E-state index in [-0.39, 0.29) is 0 Å². The summed E-state index contributed by atoms with van der Waals surface area (Å²) in [4.78, 5) is 2.23. The van der Waals surface area contributed by atoms with Crippen LogP contribution in [0.1, 0.15) is 55.7 Å². The van der Waals surface area contributed by atoms with Gasteiger partial charge in [0.15, 0.2) is 0 Å². The van der Waals surface area contributed by atoms with E-state index in [4.69, 9.17) is 16.3 Å². The van der Waals surface area contributed by atoms with Gasteiger partial charge >= 0.3 is 0 Å². The minimum absolute atomic E-state index is 0.495. The Morgan fingerprint density at radius 1 is 0.765 bits per heavy atom. The SMILES string of the molecule is CCCCCCCN(CCc1ccc(Cl)cc1)C(O)Cc1ccc(COc2ccccc2)cc1. The molecule has 1 unspecified atom stereocenters. The largest absolute Gasteiger partial charge is 0.489 e. The van der Waals surface area contributed by atoms with E-state index < -0.39 is 6.23 Å². The lowest BCUT2D eigenvalue weighted by Gasteiger charge is -2.28. The summed E-state index contributed by atoms with van der Waals surface area (Å²) in [7, 11) is 0. The van der Waals surface area contributed by atoms with Crippen molar-refractivity contribution in [2.45, 2.75) is 64.7 Å². The molecule has 0 aliphatic carbocycles. The van der Waals surface area contributed by atoms with Crippen molar-refractivity contribution in [3.05, 3.63) is 101 Å². The Bertz CT molecular complexity index is 928. The van der Waals surface area contributed by atoms with Crippen LogP contribution in [0.15, 0.2) is 78.9 Å². The Hall–Kier alpha value is -2.33. The number of unbranched alkanes of at least 4 members (excludes halogenated alkanes) is 4. The minimum Gasteiger partial charge on any atom is -0.489 e. The third kappa shape index (κ3) is 9.50. The van der Waals surface area contributed by atoms with Gasteiger partial charge in [0.05, 0.1) is 0 Å². The molecule has 34 heavy (non-hydrogen) atoms. The number of hydrogen-bond acceptors (Lipinski definition) is 3. The molecule has 1 atom stereocenters. The van der Waals surface area contributed by atoms with Crippen molar-refractivity contribution in [2.24, 2.45) is 0 Å². The molecular formula is C30H38ClNO2.